The highest BCUT2D eigenvalue weighted by atomic mass is 35.5. The summed E-state index contributed by atoms with van der Waals surface area (Å²) in [5.41, 5.74) is 3.97. The summed E-state index contributed by atoms with van der Waals surface area (Å²) in [5.74, 6) is 0.958. The van der Waals surface area contributed by atoms with Crippen LogP contribution in [0.25, 0.3) is 0 Å². The van der Waals surface area contributed by atoms with E-state index in [-0.39, 0.29) is 12.4 Å². The normalized spacial score (nSPS) is 16.0. The molecule has 5 heteroatoms. The fourth-order valence-electron chi connectivity index (χ4n) is 1.58. The largest absolute Gasteiger partial charge is 1.00 e. The van der Waals surface area contributed by atoms with Gasteiger partial charge in [0.1, 0.15) is 6.54 Å². The van der Waals surface area contributed by atoms with Crippen LogP contribution in [0.15, 0.2) is 42.3 Å². The van der Waals surface area contributed by atoms with Crippen LogP contribution in [0.1, 0.15) is 13.8 Å². The summed E-state index contributed by atoms with van der Waals surface area (Å²) in [4.78, 5) is 6.88. The van der Waals surface area contributed by atoms with E-state index in [0.29, 0.717) is 6.04 Å². The number of quaternary nitrogens is 1. The summed E-state index contributed by atoms with van der Waals surface area (Å²) in [7, 11) is 2.17. The lowest BCUT2D eigenvalue weighted by Crippen LogP contribution is -3.12. The van der Waals surface area contributed by atoms with Crippen LogP contribution >= 0.6 is 0 Å². The van der Waals surface area contributed by atoms with Gasteiger partial charge in [0, 0.05) is 0 Å². The predicted octanol–water partition coefficient (Wildman–Crippen LogP) is -2.29. The quantitative estimate of drug-likeness (QED) is 0.645. The number of hydrogen-bond donors (Lipinski definition) is 2. The highest BCUT2D eigenvalue weighted by molar-refractivity contribution is 5.48. The van der Waals surface area contributed by atoms with Crippen LogP contribution in [0.3, 0.4) is 0 Å². The molecule has 1 aliphatic rings. The minimum Gasteiger partial charge on any atom is -1.00 e. The van der Waals surface area contributed by atoms with Gasteiger partial charge in [0.2, 0.25) is 0 Å². The smallest absolute Gasteiger partial charge is 0.198 e. The van der Waals surface area contributed by atoms with Gasteiger partial charge in [-0.3, -0.25) is 0 Å². The number of hydrogen-bond acceptors (Lipinski definition) is 3. The summed E-state index contributed by atoms with van der Waals surface area (Å²) < 4.78 is 0. The molecule has 0 bridgehead atoms. The second-order valence-electron chi connectivity index (χ2n) is 4.67. The highest BCUT2D eigenvalue weighted by Gasteiger charge is 2.19. The van der Waals surface area contributed by atoms with E-state index in [9.17, 15) is 0 Å². The van der Waals surface area contributed by atoms with E-state index < -0.39 is 0 Å². The molecule has 0 saturated heterocycles. The van der Waals surface area contributed by atoms with E-state index in [0.717, 1.165) is 18.0 Å². The van der Waals surface area contributed by atoms with Gasteiger partial charge in [0.05, 0.1) is 25.0 Å². The van der Waals surface area contributed by atoms with Crippen molar-refractivity contribution >= 4 is 5.69 Å². The lowest BCUT2D eigenvalue weighted by atomic mass is 10.3. The average molecular weight is 270 g/mol. The number of nitrogens with zero attached hydrogens (tertiary/aromatic N) is 1. The van der Waals surface area contributed by atoms with Crippen molar-refractivity contribution in [3.8, 4) is 0 Å². The van der Waals surface area contributed by atoms with Gasteiger partial charge in [-0.1, -0.05) is 23.8 Å². The Labute approximate surface area is 115 Å². The van der Waals surface area contributed by atoms with Crippen LogP contribution in [-0.2, 0) is 4.84 Å². The van der Waals surface area contributed by atoms with Gasteiger partial charge in [0.15, 0.2) is 5.76 Å². The minimum atomic E-state index is 0. The number of para-hydroxylation sites is 1. The van der Waals surface area contributed by atoms with E-state index in [2.05, 4.69) is 26.5 Å². The molecular formula is C13H20ClN3O. The fraction of sp³-hybridized carbons (Fsp3) is 0.385. The molecule has 0 aromatic heterocycles. The first-order valence-electron chi connectivity index (χ1n) is 5.96. The van der Waals surface area contributed by atoms with Gasteiger partial charge >= 0.3 is 0 Å². The van der Waals surface area contributed by atoms with Gasteiger partial charge in [-0.2, -0.15) is 0 Å². The van der Waals surface area contributed by atoms with Crippen LogP contribution in [0, 0.1) is 0 Å². The Hall–Kier alpha value is -1.23. The van der Waals surface area contributed by atoms with Crippen LogP contribution in [0.5, 0.6) is 0 Å². The molecule has 0 amide bonds. The third-order valence-corrected chi connectivity index (χ3v) is 3.02. The zero-order valence-electron chi connectivity index (χ0n) is 11.0. The summed E-state index contributed by atoms with van der Waals surface area (Å²) in [6, 6.07) is 10.7. The Kier molecular flexibility index (Phi) is 5.47. The lowest BCUT2D eigenvalue weighted by Gasteiger charge is -2.17. The molecule has 2 rings (SSSR count). The molecule has 1 heterocycles. The molecule has 0 saturated carbocycles. The van der Waals surface area contributed by atoms with Crippen molar-refractivity contribution in [2.24, 2.45) is 0 Å². The Morgan fingerprint density at radius 2 is 1.94 bits per heavy atom. The van der Waals surface area contributed by atoms with E-state index in [4.69, 9.17) is 4.84 Å². The molecule has 0 spiro atoms. The monoisotopic (exact) mass is 269 g/mol. The van der Waals surface area contributed by atoms with Crippen LogP contribution in [0.4, 0.5) is 5.69 Å². The predicted molar refractivity (Wildman–Crippen MR) is 68.1 cm³/mol. The van der Waals surface area contributed by atoms with E-state index in [1.165, 1.54) is 4.90 Å². The van der Waals surface area contributed by atoms with Gasteiger partial charge < -0.3 is 22.1 Å². The number of hydrazine groups is 1. The Morgan fingerprint density at radius 1 is 1.28 bits per heavy atom. The maximum atomic E-state index is 5.46. The summed E-state index contributed by atoms with van der Waals surface area (Å²) in [6.07, 6.45) is 2.00. The number of likely N-dealkylation sites (N-methyl/N-ethyl adjacent to an activating group) is 1. The number of nitrogens with one attached hydrogen (secondary N) is 2. The average Bonchev–Trinajstić information content (AvgIpc) is 2.78. The molecule has 18 heavy (non-hydrogen) atoms. The number of benzene rings is 1. The molecular weight excluding hydrogens is 250 g/mol. The zero-order chi connectivity index (χ0) is 12.3. The number of rotatable bonds is 4. The van der Waals surface area contributed by atoms with Gasteiger partial charge in [-0.15, -0.1) is 0 Å². The third-order valence-electron chi connectivity index (χ3n) is 3.02. The second-order valence-corrected chi connectivity index (χ2v) is 4.67. The first kappa shape index (κ1) is 14.8. The maximum Gasteiger partial charge on any atom is 0.198 e. The molecule has 0 aliphatic carbocycles. The Bertz CT molecular complexity index is 394. The molecule has 2 N–H and O–H groups in total. The van der Waals surface area contributed by atoms with Crippen molar-refractivity contribution in [1.29, 1.82) is 0 Å². The number of anilines is 1. The lowest BCUT2D eigenvalue weighted by molar-refractivity contribution is -0.898. The Morgan fingerprint density at radius 3 is 2.56 bits per heavy atom. The maximum absolute atomic E-state index is 5.46. The molecule has 1 aromatic carbocycles. The first-order valence-corrected chi connectivity index (χ1v) is 5.96. The standard InChI is InChI=1S/C13H19N3O.ClH/c1-11(2)15(3)9-13-10-16(14-17-13)12-7-5-4-6-8-12;/h4-8,10-11,14H,9H2,1-3H3;1H. The van der Waals surface area contributed by atoms with Crippen LogP contribution < -0.4 is 27.9 Å². The van der Waals surface area contributed by atoms with E-state index >= 15 is 0 Å². The summed E-state index contributed by atoms with van der Waals surface area (Å²) >= 11 is 0. The molecule has 1 aliphatic heterocycles. The van der Waals surface area contributed by atoms with Crippen molar-refractivity contribution in [3.63, 3.8) is 0 Å². The summed E-state index contributed by atoms with van der Waals surface area (Å²) in [6.45, 7) is 5.29. The summed E-state index contributed by atoms with van der Waals surface area (Å²) in [5, 5.41) is 1.89. The molecule has 0 radical (unpaired) electrons. The van der Waals surface area contributed by atoms with Crippen LogP contribution in [0.2, 0.25) is 0 Å². The van der Waals surface area contributed by atoms with Gasteiger partial charge in [-0.05, 0) is 26.0 Å². The van der Waals surface area contributed by atoms with Crippen molar-refractivity contribution in [2.45, 2.75) is 19.9 Å². The SMILES string of the molecule is CC(C)[NH+](C)CC1=CN(c2ccccc2)NO1.[Cl-]. The van der Waals surface area contributed by atoms with Crippen LogP contribution in [-0.4, -0.2) is 19.6 Å². The van der Waals surface area contributed by atoms with Crippen molar-refractivity contribution in [2.75, 3.05) is 18.6 Å². The molecule has 1 unspecified atom stereocenters. The van der Waals surface area contributed by atoms with E-state index in [1.54, 1.807) is 0 Å². The van der Waals surface area contributed by atoms with Crippen molar-refractivity contribution in [1.82, 2.24) is 5.59 Å². The van der Waals surface area contributed by atoms with Gasteiger partial charge in [-0.25, -0.2) is 5.01 Å². The number of halogens is 1. The highest BCUT2D eigenvalue weighted by Crippen LogP contribution is 2.16. The van der Waals surface area contributed by atoms with E-state index in [1.807, 2.05) is 41.5 Å². The molecule has 1 atom stereocenters. The fourth-order valence-corrected chi connectivity index (χ4v) is 1.58. The molecule has 0 fully saturated rings. The van der Waals surface area contributed by atoms with Crippen molar-refractivity contribution in [3.05, 3.63) is 42.3 Å². The van der Waals surface area contributed by atoms with Gasteiger partial charge in [0.25, 0.3) is 0 Å². The topological polar surface area (TPSA) is 28.9 Å². The third kappa shape index (κ3) is 3.63. The zero-order valence-corrected chi connectivity index (χ0v) is 11.7. The molecule has 1 aromatic rings. The van der Waals surface area contributed by atoms with Crippen molar-refractivity contribution < 1.29 is 22.1 Å². The molecule has 4 nitrogen and oxygen atoms in total. The first-order chi connectivity index (χ1) is 8.16. The minimum absolute atomic E-state index is 0. The molecule has 100 valence electrons. The second kappa shape index (κ2) is 6.64. The Balaban J connectivity index is 0.00000162.